The average molecular weight is 423 g/mol. The molecule has 2 aromatic rings. The van der Waals surface area contributed by atoms with Crippen LogP contribution < -0.4 is 9.64 Å². The van der Waals surface area contributed by atoms with E-state index in [0.29, 0.717) is 17.9 Å². The fourth-order valence-corrected chi connectivity index (χ4v) is 3.87. The summed E-state index contributed by atoms with van der Waals surface area (Å²) in [5.74, 6) is -0.842. The Morgan fingerprint density at radius 3 is 2.42 bits per heavy atom. The maximum Gasteiger partial charge on any atom is 0.295 e. The second-order valence-corrected chi connectivity index (χ2v) is 7.92. The monoisotopic (exact) mass is 422 g/mol. The minimum Gasteiger partial charge on any atom is -0.507 e. The normalized spacial score (nSPS) is 17.8. The predicted molar refractivity (Wildman–Crippen MR) is 122 cm³/mol. The molecule has 31 heavy (non-hydrogen) atoms. The van der Waals surface area contributed by atoms with Crippen molar-refractivity contribution in [2.24, 2.45) is 0 Å². The molecule has 0 bridgehead atoms. The lowest BCUT2D eigenvalue weighted by Gasteiger charge is -2.26. The van der Waals surface area contributed by atoms with Crippen molar-refractivity contribution < 1.29 is 19.4 Å². The highest BCUT2D eigenvalue weighted by molar-refractivity contribution is 6.46. The van der Waals surface area contributed by atoms with E-state index < -0.39 is 17.7 Å². The van der Waals surface area contributed by atoms with E-state index in [1.807, 2.05) is 43.3 Å². The van der Waals surface area contributed by atoms with Gasteiger partial charge in [-0.05, 0) is 36.2 Å². The molecule has 164 valence electrons. The summed E-state index contributed by atoms with van der Waals surface area (Å²) in [5, 5.41) is 11.1. The van der Waals surface area contributed by atoms with Gasteiger partial charge >= 0.3 is 0 Å². The molecule has 0 spiro atoms. The number of ketones is 1. The highest BCUT2D eigenvalue weighted by Gasteiger charge is 2.45. The highest BCUT2D eigenvalue weighted by Crippen LogP contribution is 2.40. The number of benzene rings is 2. The molecular weight excluding hydrogens is 392 g/mol. The quantitative estimate of drug-likeness (QED) is 0.296. The van der Waals surface area contributed by atoms with Crippen LogP contribution in [0.5, 0.6) is 5.75 Å². The summed E-state index contributed by atoms with van der Waals surface area (Å²) >= 11 is 0. The van der Waals surface area contributed by atoms with E-state index in [9.17, 15) is 14.7 Å². The Labute approximate surface area is 183 Å². The van der Waals surface area contributed by atoms with E-state index in [1.165, 1.54) is 7.11 Å². The smallest absolute Gasteiger partial charge is 0.295 e. The first-order valence-electron chi connectivity index (χ1n) is 10.6. The molecule has 1 heterocycles. The maximum absolute atomic E-state index is 13.0. The van der Waals surface area contributed by atoms with Crippen molar-refractivity contribution in [3.8, 4) is 5.75 Å². The number of ether oxygens (including phenoxy) is 1. The van der Waals surface area contributed by atoms with Gasteiger partial charge in [-0.3, -0.25) is 9.59 Å². The zero-order valence-electron chi connectivity index (χ0n) is 18.6. The number of carbonyl (C=O) groups excluding carboxylic acids is 2. The Balaban J connectivity index is 2.11. The Hall–Kier alpha value is -3.28. The van der Waals surface area contributed by atoms with Crippen LogP contribution in [0.1, 0.15) is 43.4 Å². The molecule has 0 aliphatic carbocycles. The molecule has 1 amide bonds. The van der Waals surface area contributed by atoms with Crippen molar-refractivity contribution in [2.75, 3.05) is 32.6 Å². The molecule has 0 aromatic heterocycles. The molecule has 1 aliphatic heterocycles. The van der Waals surface area contributed by atoms with Crippen LogP contribution in [0.4, 0.5) is 5.69 Å². The standard InChI is InChI=1S/C25H30N2O4/c1-5-6-7-15-27-22(17-11-13-19(14-12-17)26(2)3)21(24(29)25(27)30)23(28)18-9-8-10-20(16-18)31-4/h8-14,16,22,28H,5-7,15H2,1-4H3/b23-21-. The Morgan fingerprint density at radius 2 is 1.81 bits per heavy atom. The van der Waals surface area contributed by atoms with Gasteiger partial charge in [0.15, 0.2) is 0 Å². The second-order valence-electron chi connectivity index (χ2n) is 7.92. The van der Waals surface area contributed by atoms with Gasteiger partial charge in [0.1, 0.15) is 11.5 Å². The van der Waals surface area contributed by atoms with Crippen molar-refractivity contribution in [2.45, 2.75) is 32.2 Å². The first kappa shape index (κ1) is 22.4. The zero-order chi connectivity index (χ0) is 22.5. The van der Waals surface area contributed by atoms with Crippen LogP contribution in [0.15, 0.2) is 54.1 Å². The topological polar surface area (TPSA) is 70.1 Å². The van der Waals surface area contributed by atoms with Gasteiger partial charge < -0.3 is 19.6 Å². The minimum absolute atomic E-state index is 0.118. The fraction of sp³-hybridized carbons (Fsp3) is 0.360. The van der Waals surface area contributed by atoms with Crippen molar-refractivity contribution in [3.05, 3.63) is 65.2 Å². The van der Waals surface area contributed by atoms with Crippen LogP contribution >= 0.6 is 0 Å². The number of unbranched alkanes of at least 4 members (excludes halogenated alkanes) is 2. The Morgan fingerprint density at radius 1 is 1.10 bits per heavy atom. The summed E-state index contributed by atoms with van der Waals surface area (Å²) in [6.07, 6.45) is 2.77. The van der Waals surface area contributed by atoms with Gasteiger partial charge in [-0.15, -0.1) is 0 Å². The van der Waals surface area contributed by atoms with Crippen molar-refractivity contribution in [1.29, 1.82) is 0 Å². The van der Waals surface area contributed by atoms with E-state index in [1.54, 1.807) is 29.2 Å². The van der Waals surface area contributed by atoms with Crippen LogP contribution in [0.25, 0.3) is 5.76 Å². The lowest BCUT2D eigenvalue weighted by atomic mass is 9.95. The van der Waals surface area contributed by atoms with Crippen LogP contribution in [-0.2, 0) is 9.59 Å². The van der Waals surface area contributed by atoms with Crippen LogP contribution in [0.3, 0.4) is 0 Å². The third kappa shape index (κ3) is 4.58. The molecule has 1 atom stereocenters. The number of amides is 1. The van der Waals surface area contributed by atoms with Crippen LogP contribution in [-0.4, -0.2) is 49.4 Å². The molecule has 6 heteroatoms. The largest absolute Gasteiger partial charge is 0.507 e. The van der Waals surface area contributed by atoms with Gasteiger partial charge in [0.05, 0.1) is 18.7 Å². The molecule has 1 N–H and O–H groups in total. The first-order chi connectivity index (χ1) is 14.9. The lowest BCUT2D eigenvalue weighted by molar-refractivity contribution is -0.139. The Kier molecular flexibility index (Phi) is 7.00. The van der Waals surface area contributed by atoms with Gasteiger partial charge in [0.25, 0.3) is 11.7 Å². The summed E-state index contributed by atoms with van der Waals surface area (Å²) in [5.41, 5.74) is 2.37. The van der Waals surface area contributed by atoms with E-state index in [4.69, 9.17) is 4.74 Å². The number of nitrogens with zero attached hydrogens (tertiary/aromatic N) is 2. The predicted octanol–water partition coefficient (Wildman–Crippen LogP) is 4.37. The minimum atomic E-state index is -0.654. The summed E-state index contributed by atoms with van der Waals surface area (Å²) in [6.45, 7) is 2.56. The summed E-state index contributed by atoms with van der Waals surface area (Å²) in [4.78, 5) is 29.5. The van der Waals surface area contributed by atoms with Crippen molar-refractivity contribution in [3.63, 3.8) is 0 Å². The summed E-state index contributed by atoms with van der Waals surface area (Å²) < 4.78 is 5.25. The number of methoxy groups -OCH3 is 1. The summed E-state index contributed by atoms with van der Waals surface area (Å²) in [7, 11) is 5.45. The molecule has 1 aliphatic rings. The molecule has 6 nitrogen and oxygen atoms in total. The molecular formula is C25H30N2O4. The SMILES string of the molecule is CCCCCN1C(=O)C(=O)/C(=C(\O)c2cccc(OC)c2)C1c1ccc(N(C)C)cc1. The molecule has 1 saturated heterocycles. The third-order valence-electron chi connectivity index (χ3n) is 5.61. The second kappa shape index (κ2) is 9.69. The molecule has 3 rings (SSSR count). The number of hydrogen-bond acceptors (Lipinski definition) is 5. The van der Waals surface area contributed by atoms with Gasteiger partial charge in [-0.1, -0.05) is 44.0 Å². The number of likely N-dealkylation sites (tertiary alicyclic amines) is 1. The third-order valence-corrected chi connectivity index (χ3v) is 5.61. The van der Waals surface area contributed by atoms with Crippen LogP contribution in [0, 0.1) is 0 Å². The number of hydrogen-bond donors (Lipinski definition) is 1. The summed E-state index contributed by atoms with van der Waals surface area (Å²) in [6, 6.07) is 14.0. The molecule has 0 radical (unpaired) electrons. The van der Waals surface area contributed by atoms with Gasteiger partial charge in [0, 0.05) is 31.9 Å². The van der Waals surface area contributed by atoms with E-state index >= 15 is 0 Å². The van der Waals surface area contributed by atoms with Gasteiger partial charge in [-0.2, -0.15) is 0 Å². The average Bonchev–Trinajstić information content (AvgIpc) is 3.03. The number of carbonyl (C=O) groups is 2. The number of anilines is 1. The number of Topliss-reactive ketones (excluding diaryl/α,β-unsaturated/α-hetero) is 1. The highest BCUT2D eigenvalue weighted by atomic mass is 16.5. The van der Waals surface area contributed by atoms with Crippen molar-refractivity contribution in [1.82, 2.24) is 4.90 Å². The fourth-order valence-electron chi connectivity index (χ4n) is 3.87. The van der Waals surface area contributed by atoms with Crippen LogP contribution in [0.2, 0.25) is 0 Å². The Bertz CT molecular complexity index is 979. The number of aliphatic hydroxyl groups is 1. The molecule has 1 fully saturated rings. The van der Waals surface area contributed by atoms with Gasteiger partial charge in [-0.25, -0.2) is 0 Å². The van der Waals surface area contributed by atoms with E-state index in [-0.39, 0.29) is 11.3 Å². The van der Waals surface area contributed by atoms with Crippen molar-refractivity contribution >= 4 is 23.1 Å². The number of aliphatic hydroxyl groups excluding tert-OH is 1. The number of rotatable bonds is 8. The molecule has 1 unspecified atom stereocenters. The lowest BCUT2D eigenvalue weighted by Crippen LogP contribution is -2.30. The first-order valence-corrected chi connectivity index (χ1v) is 10.6. The van der Waals surface area contributed by atoms with E-state index in [0.717, 1.165) is 30.5 Å². The van der Waals surface area contributed by atoms with Gasteiger partial charge in [0.2, 0.25) is 0 Å². The maximum atomic E-state index is 13.0. The molecule has 0 saturated carbocycles. The molecule has 2 aromatic carbocycles. The zero-order valence-corrected chi connectivity index (χ0v) is 18.6. The van der Waals surface area contributed by atoms with E-state index in [2.05, 4.69) is 6.92 Å².